The highest BCUT2D eigenvalue weighted by molar-refractivity contribution is 6.39. The van der Waals surface area contributed by atoms with Crippen LogP contribution in [0.5, 0.6) is 11.5 Å². The summed E-state index contributed by atoms with van der Waals surface area (Å²) in [6.45, 7) is 0.944. The summed E-state index contributed by atoms with van der Waals surface area (Å²) in [5.41, 5.74) is 6.98. The highest BCUT2D eigenvalue weighted by atomic mass is 35.5. The van der Waals surface area contributed by atoms with E-state index in [1.807, 2.05) is 0 Å². The summed E-state index contributed by atoms with van der Waals surface area (Å²) < 4.78 is 10.5. The Hall–Kier alpha value is -2.64. The Bertz CT molecular complexity index is 914. The number of methoxy groups -OCH3 is 2. The van der Waals surface area contributed by atoms with Gasteiger partial charge in [0, 0.05) is 36.3 Å². The first-order valence-electron chi connectivity index (χ1n) is 9.40. The van der Waals surface area contributed by atoms with Crippen LogP contribution in [0.4, 0.5) is 11.4 Å². The third-order valence-corrected chi connectivity index (χ3v) is 5.72. The van der Waals surface area contributed by atoms with Gasteiger partial charge in [-0.3, -0.25) is 9.59 Å². The first-order valence-corrected chi connectivity index (χ1v) is 10.2. The summed E-state index contributed by atoms with van der Waals surface area (Å²) in [6.07, 6.45) is 1.10. The number of ether oxygens (including phenoxy) is 2. The molecule has 0 spiro atoms. The van der Waals surface area contributed by atoms with Crippen molar-refractivity contribution in [1.29, 1.82) is 0 Å². The third-order valence-electron chi connectivity index (χ3n) is 5.10. The van der Waals surface area contributed by atoms with Gasteiger partial charge in [-0.15, -0.1) is 0 Å². The monoisotopic (exact) mass is 451 g/mol. The van der Waals surface area contributed by atoms with Gasteiger partial charge in [0.1, 0.15) is 11.5 Å². The fourth-order valence-electron chi connectivity index (χ4n) is 3.36. The van der Waals surface area contributed by atoms with Crippen LogP contribution in [0.25, 0.3) is 0 Å². The van der Waals surface area contributed by atoms with E-state index in [-0.39, 0.29) is 33.5 Å². The van der Waals surface area contributed by atoms with Gasteiger partial charge in [0.25, 0.3) is 5.91 Å². The van der Waals surface area contributed by atoms with Crippen LogP contribution in [0.1, 0.15) is 23.2 Å². The largest absolute Gasteiger partial charge is 0.497 e. The lowest BCUT2D eigenvalue weighted by atomic mass is 9.95. The molecular weight excluding hydrogens is 429 g/mol. The SMILES string of the molecule is COc1cc(OC)cc(C(=O)N2CCC(C(=O)Nc3cc(Cl)c(N)c(Cl)c3)CC2)c1. The van der Waals surface area contributed by atoms with Crippen molar-refractivity contribution in [3.8, 4) is 11.5 Å². The molecule has 1 fully saturated rings. The molecule has 1 aliphatic heterocycles. The van der Waals surface area contributed by atoms with Gasteiger partial charge in [0.15, 0.2) is 0 Å². The minimum Gasteiger partial charge on any atom is -0.497 e. The van der Waals surface area contributed by atoms with Gasteiger partial charge in [-0.25, -0.2) is 0 Å². The second-order valence-electron chi connectivity index (χ2n) is 7.01. The van der Waals surface area contributed by atoms with E-state index in [9.17, 15) is 9.59 Å². The molecule has 0 radical (unpaired) electrons. The summed E-state index contributed by atoms with van der Waals surface area (Å²) in [4.78, 5) is 27.2. The summed E-state index contributed by atoms with van der Waals surface area (Å²) in [6, 6.07) is 8.20. The van der Waals surface area contributed by atoms with Crippen LogP contribution in [0.15, 0.2) is 30.3 Å². The highest BCUT2D eigenvalue weighted by Gasteiger charge is 2.28. The zero-order valence-corrected chi connectivity index (χ0v) is 18.2. The Morgan fingerprint density at radius 2 is 1.53 bits per heavy atom. The maximum absolute atomic E-state index is 12.9. The van der Waals surface area contributed by atoms with Crippen molar-refractivity contribution in [2.75, 3.05) is 38.4 Å². The van der Waals surface area contributed by atoms with Gasteiger partial charge in [-0.05, 0) is 37.1 Å². The number of nitrogens with two attached hydrogens (primary N) is 1. The molecular formula is C21H23Cl2N3O4. The first-order chi connectivity index (χ1) is 14.3. The van der Waals surface area contributed by atoms with Gasteiger partial charge >= 0.3 is 0 Å². The molecule has 9 heteroatoms. The van der Waals surface area contributed by atoms with E-state index < -0.39 is 0 Å². The highest BCUT2D eigenvalue weighted by Crippen LogP contribution is 2.32. The molecule has 2 amide bonds. The maximum Gasteiger partial charge on any atom is 0.254 e. The molecule has 3 rings (SSSR count). The van der Waals surface area contributed by atoms with Crippen LogP contribution in [0.3, 0.4) is 0 Å². The number of anilines is 2. The lowest BCUT2D eigenvalue weighted by molar-refractivity contribution is -0.121. The number of carbonyl (C=O) groups excluding carboxylic acids is 2. The minimum atomic E-state index is -0.219. The topological polar surface area (TPSA) is 93.9 Å². The lowest BCUT2D eigenvalue weighted by Gasteiger charge is -2.31. The fraction of sp³-hybridized carbons (Fsp3) is 0.333. The molecule has 0 aliphatic carbocycles. The standard InChI is InChI=1S/C21H23Cl2N3O4/c1-29-15-7-13(8-16(11-15)30-2)21(28)26-5-3-12(4-6-26)20(27)25-14-9-17(22)19(24)18(23)10-14/h7-12H,3-6,24H2,1-2H3,(H,25,27). The minimum absolute atomic E-state index is 0.122. The molecule has 1 heterocycles. The van der Waals surface area contributed by atoms with Crippen LogP contribution in [0.2, 0.25) is 10.0 Å². The molecule has 1 aliphatic rings. The molecule has 0 aromatic heterocycles. The molecule has 1 saturated heterocycles. The number of likely N-dealkylation sites (tertiary alicyclic amines) is 1. The molecule has 30 heavy (non-hydrogen) atoms. The number of halogens is 2. The van der Waals surface area contributed by atoms with E-state index in [0.717, 1.165) is 0 Å². The maximum atomic E-state index is 12.9. The fourth-order valence-corrected chi connectivity index (χ4v) is 3.85. The third kappa shape index (κ3) is 4.91. The van der Waals surface area contributed by atoms with Gasteiger partial charge in [0.05, 0.1) is 30.0 Å². The number of hydrogen-bond acceptors (Lipinski definition) is 5. The van der Waals surface area contributed by atoms with Crippen LogP contribution in [-0.2, 0) is 4.79 Å². The molecule has 0 saturated carbocycles. The quantitative estimate of drug-likeness (QED) is 0.667. The number of nitrogens with one attached hydrogen (secondary N) is 1. The molecule has 160 valence electrons. The second kappa shape index (κ2) is 9.45. The molecule has 0 unspecified atom stereocenters. The van der Waals surface area contributed by atoms with Crippen molar-refractivity contribution in [3.63, 3.8) is 0 Å². The number of benzene rings is 2. The number of carbonyl (C=O) groups is 2. The van der Waals surface area contributed by atoms with Crippen molar-refractivity contribution in [2.45, 2.75) is 12.8 Å². The normalized spacial score (nSPS) is 14.3. The van der Waals surface area contributed by atoms with Crippen molar-refractivity contribution in [3.05, 3.63) is 45.9 Å². The van der Waals surface area contributed by atoms with E-state index in [0.29, 0.717) is 48.7 Å². The van der Waals surface area contributed by atoms with Crippen molar-refractivity contribution in [1.82, 2.24) is 4.90 Å². The number of piperidine rings is 1. The Morgan fingerprint density at radius 3 is 2.03 bits per heavy atom. The predicted molar refractivity (Wildman–Crippen MR) is 118 cm³/mol. The Balaban J connectivity index is 1.62. The van der Waals surface area contributed by atoms with Crippen molar-refractivity contribution < 1.29 is 19.1 Å². The number of amides is 2. The van der Waals surface area contributed by atoms with Gasteiger partial charge in [0.2, 0.25) is 5.91 Å². The van der Waals surface area contributed by atoms with Gasteiger partial charge in [-0.2, -0.15) is 0 Å². The zero-order chi connectivity index (χ0) is 21.8. The predicted octanol–water partition coefficient (Wildman–Crippen LogP) is 4.08. The molecule has 0 bridgehead atoms. The molecule has 7 nitrogen and oxygen atoms in total. The number of rotatable bonds is 5. The second-order valence-corrected chi connectivity index (χ2v) is 7.83. The number of nitrogen functional groups attached to an aromatic ring is 1. The zero-order valence-electron chi connectivity index (χ0n) is 16.7. The van der Waals surface area contributed by atoms with Crippen molar-refractivity contribution >= 4 is 46.4 Å². The van der Waals surface area contributed by atoms with Crippen LogP contribution >= 0.6 is 23.2 Å². The Labute approximate surface area is 185 Å². The summed E-state index contributed by atoms with van der Waals surface area (Å²) in [7, 11) is 3.07. The van der Waals surface area contributed by atoms with Crippen molar-refractivity contribution in [2.24, 2.45) is 5.92 Å². The Morgan fingerprint density at radius 1 is 1.00 bits per heavy atom. The van der Waals surface area contributed by atoms with E-state index in [1.54, 1.807) is 35.2 Å². The lowest BCUT2D eigenvalue weighted by Crippen LogP contribution is -2.41. The molecule has 3 N–H and O–H groups in total. The smallest absolute Gasteiger partial charge is 0.254 e. The van der Waals surface area contributed by atoms with E-state index in [2.05, 4.69) is 5.32 Å². The van der Waals surface area contributed by atoms with E-state index in [4.69, 9.17) is 38.4 Å². The average molecular weight is 452 g/mol. The summed E-state index contributed by atoms with van der Waals surface area (Å²) >= 11 is 12.0. The van der Waals surface area contributed by atoms with Gasteiger partial charge in [-0.1, -0.05) is 23.2 Å². The van der Waals surface area contributed by atoms with E-state index >= 15 is 0 Å². The average Bonchev–Trinajstić information content (AvgIpc) is 2.76. The first kappa shape index (κ1) is 22.1. The number of hydrogen-bond donors (Lipinski definition) is 2. The summed E-state index contributed by atoms with van der Waals surface area (Å²) in [5.74, 6) is 0.620. The van der Waals surface area contributed by atoms with E-state index in [1.165, 1.54) is 14.2 Å². The van der Waals surface area contributed by atoms with Crippen LogP contribution < -0.4 is 20.5 Å². The molecule has 2 aromatic carbocycles. The Kier molecular flexibility index (Phi) is 6.95. The molecule has 0 atom stereocenters. The van der Waals surface area contributed by atoms with Crippen LogP contribution in [-0.4, -0.2) is 44.0 Å². The van der Waals surface area contributed by atoms with Gasteiger partial charge < -0.3 is 25.4 Å². The van der Waals surface area contributed by atoms with Crippen LogP contribution in [0, 0.1) is 5.92 Å². The summed E-state index contributed by atoms with van der Waals surface area (Å²) in [5, 5.41) is 3.39. The molecule has 2 aromatic rings. The number of nitrogens with zero attached hydrogens (tertiary/aromatic N) is 1.